The number of benzene rings is 2. The second-order valence-corrected chi connectivity index (χ2v) is 7.45. The molecule has 5 rings (SSSR count). The van der Waals surface area contributed by atoms with Gasteiger partial charge in [0.05, 0.1) is 12.5 Å². The molecule has 0 spiro atoms. The zero-order valence-corrected chi connectivity index (χ0v) is 15.8. The highest BCUT2D eigenvalue weighted by molar-refractivity contribution is 6.04. The number of furan rings is 1. The van der Waals surface area contributed by atoms with Crippen LogP contribution in [0.4, 0.5) is 0 Å². The van der Waals surface area contributed by atoms with Gasteiger partial charge in [0, 0.05) is 28.9 Å². The van der Waals surface area contributed by atoms with Crippen molar-refractivity contribution in [1.82, 2.24) is 4.98 Å². The van der Waals surface area contributed by atoms with Crippen molar-refractivity contribution in [2.24, 2.45) is 5.73 Å². The van der Waals surface area contributed by atoms with Crippen LogP contribution in [0.2, 0.25) is 0 Å². The van der Waals surface area contributed by atoms with E-state index in [0.29, 0.717) is 5.88 Å². The second kappa shape index (κ2) is 6.50. The minimum atomic E-state index is -0.165. The summed E-state index contributed by atoms with van der Waals surface area (Å²) in [6, 6.07) is 20.6. The number of fused-ring (bicyclic) bond motifs is 1. The first kappa shape index (κ1) is 17.0. The highest BCUT2D eigenvalue weighted by atomic mass is 16.5. The standard InChI is InChI=1S/C24H22N2O2/c1-27-23-21-19(12-15-26-23)28-22(20(21)16-6-3-2-4-7-16)17-8-10-18(11-9-17)24(25)13-5-14-24/h2-4,6-12,15H,5,13-14,25H2,1H3. The van der Waals surface area contributed by atoms with E-state index in [1.165, 1.54) is 12.0 Å². The van der Waals surface area contributed by atoms with Crippen molar-refractivity contribution in [3.8, 4) is 28.3 Å². The third-order valence-corrected chi connectivity index (χ3v) is 5.79. The van der Waals surface area contributed by atoms with Crippen LogP contribution in [-0.4, -0.2) is 12.1 Å². The number of nitrogens with two attached hydrogens (primary N) is 1. The van der Waals surface area contributed by atoms with Gasteiger partial charge in [0.2, 0.25) is 5.88 Å². The predicted molar refractivity (Wildman–Crippen MR) is 111 cm³/mol. The SMILES string of the molecule is COc1nccc2oc(-c3ccc(C4(N)CCC4)cc3)c(-c3ccccc3)c12. The van der Waals surface area contributed by atoms with E-state index in [9.17, 15) is 0 Å². The highest BCUT2D eigenvalue weighted by Gasteiger charge is 2.34. The van der Waals surface area contributed by atoms with E-state index in [2.05, 4.69) is 41.4 Å². The number of nitrogens with zero attached hydrogens (tertiary/aromatic N) is 1. The van der Waals surface area contributed by atoms with Crippen molar-refractivity contribution < 1.29 is 9.15 Å². The van der Waals surface area contributed by atoms with Crippen LogP contribution in [0.5, 0.6) is 5.88 Å². The van der Waals surface area contributed by atoms with E-state index >= 15 is 0 Å². The molecule has 0 amide bonds. The summed E-state index contributed by atoms with van der Waals surface area (Å²) in [5.41, 5.74) is 11.4. The van der Waals surface area contributed by atoms with Gasteiger partial charge < -0.3 is 14.9 Å². The molecule has 2 aromatic carbocycles. The van der Waals surface area contributed by atoms with Crippen molar-refractivity contribution in [3.05, 3.63) is 72.4 Å². The van der Waals surface area contributed by atoms with E-state index < -0.39 is 0 Å². The van der Waals surface area contributed by atoms with Crippen LogP contribution in [-0.2, 0) is 5.54 Å². The fourth-order valence-corrected chi connectivity index (χ4v) is 4.05. The minimum Gasteiger partial charge on any atom is -0.480 e. The molecule has 4 aromatic rings. The molecule has 1 aliphatic rings. The molecule has 4 heteroatoms. The second-order valence-electron chi connectivity index (χ2n) is 7.45. The van der Waals surface area contributed by atoms with E-state index in [0.717, 1.165) is 46.3 Å². The molecule has 2 aromatic heterocycles. The molecule has 2 heterocycles. The van der Waals surface area contributed by atoms with Crippen LogP contribution >= 0.6 is 0 Å². The van der Waals surface area contributed by atoms with Gasteiger partial charge in [0.15, 0.2) is 0 Å². The fraction of sp³-hybridized carbons (Fsp3) is 0.208. The quantitative estimate of drug-likeness (QED) is 0.515. The Balaban J connectivity index is 1.71. The average molecular weight is 370 g/mol. The lowest BCUT2D eigenvalue weighted by atomic mass is 9.72. The Labute approximate surface area is 164 Å². The molecule has 0 atom stereocenters. The van der Waals surface area contributed by atoms with E-state index in [1.54, 1.807) is 13.3 Å². The maximum Gasteiger partial charge on any atom is 0.225 e. The van der Waals surface area contributed by atoms with Gasteiger partial charge in [-0.25, -0.2) is 4.98 Å². The first-order valence-corrected chi connectivity index (χ1v) is 9.60. The largest absolute Gasteiger partial charge is 0.480 e. The Hall–Kier alpha value is -3.11. The summed E-state index contributed by atoms with van der Waals surface area (Å²) in [4.78, 5) is 4.38. The molecule has 1 saturated carbocycles. The number of ether oxygens (including phenoxy) is 1. The van der Waals surface area contributed by atoms with Gasteiger partial charge in [-0.3, -0.25) is 0 Å². The fourth-order valence-electron chi connectivity index (χ4n) is 4.05. The Bertz CT molecular complexity index is 1130. The minimum absolute atomic E-state index is 0.165. The molecular weight excluding hydrogens is 348 g/mol. The van der Waals surface area contributed by atoms with Gasteiger partial charge in [-0.05, 0) is 30.4 Å². The van der Waals surface area contributed by atoms with Crippen LogP contribution in [0.15, 0.2) is 71.3 Å². The molecule has 0 aliphatic heterocycles. The lowest BCUT2D eigenvalue weighted by molar-refractivity contribution is 0.253. The normalized spacial score (nSPS) is 15.4. The van der Waals surface area contributed by atoms with E-state index in [-0.39, 0.29) is 5.54 Å². The van der Waals surface area contributed by atoms with Gasteiger partial charge in [-0.15, -0.1) is 0 Å². The van der Waals surface area contributed by atoms with Gasteiger partial charge in [0.1, 0.15) is 11.3 Å². The summed E-state index contributed by atoms with van der Waals surface area (Å²) in [6.07, 6.45) is 5.01. The topological polar surface area (TPSA) is 61.3 Å². The first-order valence-electron chi connectivity index (χ1n) is 9.60. The number of aromatic nitrogens is 1. The smallest absolute Gasteiger partial charge is 0.225 e. The molecule has 0 unspecified atom stereocenters. The van der Waals surface area contributed by atoms with Crippen LogP contribution in [0.1, 0.15) is 24.8 Å². The maximum absolute atomic E-state index is 6.48. The van der Waals surface area contributed by atoms with Crippen molar-refractivity contribution in [2.75, 3.05) is 7.11 Å². The average Bonchev–Trinajstić information content (AvgIpc) is 3.12. The van der Waals surface area contributed by atoms with Crippen molar-refractivity contribution >= 4 is 11.0 Å². The molecule has 28 heavy (non-hydrogen) atoms. The summed E-state index contributed by atoms with van der Waals surface area (Å²) in [6.45, 7) is 0. The molecular formula is C24H22N2O2. The molecule has 2 N–H and O–H groups in total. The summed E-state index contributed by atoms with van der Waals surface area (Å²) in [7, 11) is 1.64. The van der Waals surface area contributed by atoms with Crippen LogP contribution in [0.3, 0.4) is 0 Å². The summed E-state index contributed by atoms with van der Waals surface area (Å²) >= 11 is 0. The number of hydrogen-bond donors (Lipinski definition) is 1. The van der Waals surface area contributed by atoms with Gasteiger partial charge >= 0.3 is 0 Å². The third-order valence-electron chi connectivity index (χ3n) is 5.79. The zero-order chi connectivity index (χ0) is 19.1. The Morgan fingerprint density at radius 1 is 0.964 bits per heavy atom. The number of hydrogen-bond acceptors (Lipinski definition) is 4. The lowest BCUT2D eigenvalue weighted by Gasteiger charge is -2.38. The monoisotopic (exact) mass is 370 g/mol. The van der Waals surface area contributed by atoms with Crippen LogP contribution in [0.25, 0.3) is 33.4 Å². The number of pyridine rings is 1. The van der Waals surface area contributed by atoms with Crippen molar-refractivity contribution in [2.45, 2.75) is 24.8 Å². The molecule has 1 aliphatic carbocycles. The summed E-state index contributed by atoms with van der Waals surface area (Å²) in [5, 5.41) is 0.893. The number of rotatable bonds is 4. The van der Waals surface area contributed by atoms with E-state index in [4.69, 9.17) is 14.9 Å². The molecule has 140 valence electrons. The first-order chi connectivity index (χ1) is 13.7. The van der Waals surface area contributed by atoms with Crippen LogP contribution in [0, 0.1) is 0 Å². The lowest BCUT2D eigenvalue weighted by Crippen LogP contribution is -2.43. The zero-order valence-electron chi connectivity index (χ0n) is 15.8. The molecule has 0 radical (unpaired) electrons. The Morgan fingerprint density at radius 2 is 1.71 bits per heavy atom. The van der Waals surface area contributed by atoms with Gasteiger partial charge in [-0.2, -0.15) is 0 Å². The molecule has 1 fully saturated rings. The Morgan fingerprint density at radius 3 is 2.36 bits per heavy atom. The molecule has 0 saturated heterocycles. The summed E-state index contributed by atoms with van der Waals surface area (Å²) < 4.78 is 11.8. The third kappa shape index (κ3) is 2.60. The van der Waals surface area contributed by atoms with E-state index in [1.807, 2.05) is 24.3 Å². The highest BCUT2D eigenvalue weighted by Crippen LogP contribution is 2.45. The van der Waals surface area contributed by atoms with Crippen molar-refractivity contribution in [3.63, 3.8) is 0 Å². The number of methoxy groups -OCH3 is 1. The molecule has 0 bridgehead atoms. The van der Waals surface area contributed by atoms with Crippen LogP contribution < -0.4 is 10.5 Å². The van der Waals surface area contributed by atoms with Crippen molar-refractivity contribution in [1.29, 1.82) is 0 Å². The van der Waals surface area contributed by atoms with Gasteiger partial charge in [-0.1, -0.05) is 54.6 Å². The maximum atomic E-state index is 6.48. The Kier molecular flexibility index (Phi) is 3.95. The van der Waals surface area contributed by atoms with Gasteiger partial charge in [0.25, 0.3) is 0 Å². The summed E-state index contributed by atoms with van der Waals surface area (Å²) in [5.74, 6) is 1.39. The predicted octanol–water partition coefficient (Wildman–Crippen LogP) is 5.51. The molecule has 4 nitrogen and oxygen atoms in total.